The second-order valence-corrected chi connectivity index (χ2v) is 5.13. The monoisotopic (exact) mass is 228 g/mol. The SMILES string of the molecule is CN(C)CC1=C(C(=O)O)N2C(=O)C[C@@H]2S1. The maximum Gasteiger partial charge on any atom is 0.353 e. The van der Waals surface area contributed by atoms with Gasteiger partial charge in [-0.25, -0.2) is 4.79 Å². The van der Waals surface area contributed by atoms with Gasteiger partial charge in [0.05, 0.1) is 11.8 Å². The summed E-state index contributed by atoms with van der Waals surface area (Å²) < 4.78 is 0. The molecule has 15 heavy (non-hydrogen) atoms. The molecule has 82 valence electrons. The van der Waals surface area contributed by atoms with Crippen LogP contribution in [-0.2, 0) is 9.59 Å². The zero-order chi connectivity index (χ0) is 11.2. The molecule has 1 atom stereocenters. The number of amides is 1. The van der Waals surface area contributed by atoms with Crippen LogP contribution in [-0.4, -0.2) is 52.8 Å². The first kappa shape index (κ1) is 10.5. The number of carboxylic acids is 1. The lowest BCUT2D eigenvalue weighted by atomic mass is 10.1. The standard InChI is InChI=1S/C9H12N2O3S/c1-10(2)4-5-8(9(13)14)11-6(12)3-7(11)15-5/h7H,3-4H2,1-2H3,(H,13,14)/t7-/m0/s1. The van der Waals surface area contributed by atoms with E-state index in [9.17, 15) is 9.59 Å². The van der Waals surface area contributed by atoms with E-state index in [1.165, 1.54) is 16.7 Å². The van der Waals surface area contributed by atoms with Crippen molar-refractivity contribution in [2.75, 3.05) is 20.6 Å². The van der Waals surface area contributed by atoms with Gasteiger partial charge in [0.2, 0.25) is 5.91 Å². The summed E-state index contributed by atoms with van der Waals surface area (Å²) in [6.07, 6.45) is 0.457. The lowest BCUT2D eigenvalue weighted by molar-refractivity contribution is -0.145. The van der Waals surface area contributed by atoms with Crippen LogP contribution in [0.3, 0.4) is 0 Å². The third kappa shape index (κ3) is 1.63. The minimum absolute atomic E-state index is 0.0264. The number of hydrogen-bond donors (Lipinski definition) is 1. The summed E-state index contributed by atoms with van der Waals surface area (Å²) in [4.78, 5) is 26.4. The van der Waals surface area contributed by atoms with E-state index in [2.05, 4.69) is 0 Å². The number of nitrogens with zero attached hydrogens (tertiary/aromatic N) is 2. The van der Waals surface area contributed by atoms with Crippen molar-refractivity contribution in [1.29, 1.82) is 0 Å². The molecule has 0 spiro atoms. The van der Waals surface area contributed by atoms with Crippen LogP contribution in [0.25, 0.3) is 0 Å². The van der Waals surface area contributed by atoms with E-state index in [1.54, 1.807) is 0 Å². The molecule has 1 amide bonds. The molecule has 0 aliphatic carbocycles. The van der Waals surface area contributed by atoms with E-state index in [4.69, 9.17) is 5.11 Å². The zero-order valence-corrected chi connectivity index (χ0v) is 9.37. The van der Waals surface area contributed by atoms with Crippen molar-refractivity contribution in [3.63, 3.8) is 0 Å². The third-order valence-corrected chi connectivity index (χ3v) is 3.61. The normalized spacial score (nSPS) is 24.6. The van der Waals surface area contributed by atoms with Crippen LogP contribution in [0, 0.1) is 0 Å². The summed E-state index contributed by atoms with van der Waals surface area (Å²) in [7, 11) is 3.76. The van der Waals surface area contributed by atoms with Gasteiger partial charge in [-0.2, -0.15) is 0 Å². The first-order chi connectivity index (χ1) is 7.00. The number of thioether (sulfide) groups is 1. The number of hydrogen-bond acceptors (Lipinski definition) is 4. The minimum atomic E-state index is -1.00. The number of carbonyl (C=O) groups excluding carboxylic acids is 1. The van der Waals surface area contributed by atoms with E-state index < -0.39 is 5.97 Å². The predicted molar refractivity (Wildman–Crippen MR) is 56.1 cm³/mol. The Morgan fingerprint density at radius 3 is 2.80 bits per heavy atom. The summed E-state index contributed by atoms with van der Waals surface area (Å²) in [5.74, 6) is -1.09. The maximum absolute atomic E-state index is 11.3. The fraction of sp³-hybridized carbons (Fsp3) is 0.556. The van der Waals surface area contributed by atoms with Crippen molar-refractivity contribution >= 4 is 23.6 Å². The molecule has 0 aromatic rings. The van der Waals surface area contributed by atoms with Gasteiger partial charge in [-0.05, 0) is 14.1 Å². The fourth-order valence-corrected chi connectivity index (χ4v) is 3.24. The maximum atomic E-state index is 11.3. The van der Waals surface area contributed by atoms with Gasteiger partial charge in [0, 0.05) is 11.4 Å². The van der Waals surface area contributed by atoms with Crippen LogP contribution >= 0.6 is 11.8 Å². The Kier molecular flexibility index (Phi) is 2.47. The molecule has 0 aromatic heterocycles. The average Bonchev–Trinajstić information content (AvgIpc) is 2.37. The quantitative estimate of drug-likeness (QED) is 0.697. The largest absolute Gasteiger partial charge is 0.477 e. The summed E-state index contributed by atoms with van der Waals surface area (Å²) in [6.45, 7) is 0.576. The fourth-order valence-electron chi connectivity index (χ4n) is 1.73. The van der Waals surface area contributed by atoms with Crippen molar-refractivity contribution < 1.29 is 14.7 Å². The van der Waals surface area contributed by atoms with Crippen LogP contribution in [0.4, 0.5) is 0 Å². The van der Waals surface area contributed by atoms with E-state index >= 15 is 0 Å². The number of rotatable bonds is 3. The summed E-state index contributed by atoms with van der Waals surface area (Å²) in [6, 6.07) is 0. The van der Waals surface area contributed by atoms with E-state index in [0.29, 0.717) is 13.0 Å². The molecular weight excluding hydrogens is 216 g/mol. The van der Waals surface area contributed by atoms with Crippen LogP contribution in [0.2, 0.25) is 0 Å². The molecule has 2 heterocycles. The number of carbonyl (C=O) groups is 2. The molecule has 0 radical (unpaired) electrons. The summed E-state index contributed by atoms with van der Waals surface area (Å²) in [5, 5.41) is 9.08. The van der Waals surface area contributed by atoms with E-state index in [-0.39, 0.29) is 17.0 Å². The first-order valence-electron chi connectivity index (χ1n) is 4.60. The molecule has 1 fully saturated rings. The van der Waals surface area contributed by atoms with Gasteiger partial charge in [-0.1, -0.05) is 0 Å². The van der Waals surface area contributed by atoms with Gasteiger partial charge >= 0.3 is 5.97 Å². The lowest BCUT2D eigenvalue weighted by Gasteiger charge is -2.33. The molecule has 2 rings (SSSR count). The Labute approximate surface area is 91.7 Å². The highest BCUT2D eigenvalue weighted by molar-refractivity contribution is 8.04. The van der Waals surface area contributed by atoms with Gasteiger partial charge in [0.25, 0.3) is 0 Å². The highest BCUT2D eigenvalue weighted by Crippen LogP contribution is 2.45. The zero-order valence-electron chi connectivity index (χ0n) is 8.56. The van der Waals surface area contributed by atoms with E-state index in [1.807, 2.05) is 19.0 Å². The molecule has 0 bridgehead atoms. The first-order valence-corrected chi connectivity index (χ1v) is 5.48. The molecule has 2 aliphatic heterocycles. The Bertz CT molecular complexity index is 364. The summed E-state index contributed by atoms with van der Waals surface area (Å²) >= 11 is 1.49. The molecule has 0 aromatic carbocycles. The number of carboxylic acid groups (broad SMARTS) is 1. The second kappa shape index (κ2) is 3.53. The third-order valence-electron chi connectivity index (χ3n) is 2.35. The second-order valence-electron chi connectivity index (χ2n) is 3.86. The molecule has 1 saturated heterocycles. The van der Waals surface area contributed by atoms with E-state index in [0.717, 1.165) is 4.91 Å². The molecule has 1 N–H and O–H groups in total. The average molecular weight is 228 g/mol. The molecule has 6 heteroatoms. The van der Waals surface area contributed by atoms with Crippen molar-refractivity contribution in [3.05, 3.63) is 10.6 Å². The Morgan fingerprint density at radius 2 is 2.33 bits per heavy atom. The Balaban J connectivity index is 2.27. The van der Waals surface area contributed by atoms with Gasteiger partial charge in [0.15, 0.2) is 0 Å². The van der Waals surface area contributed by atoms with Gasteiger partial charge in [0.1, 0.15) is 5.70 Å². The Hall–Kier alpha value is -1.01. The van der Waals surface area contributed by atoms with Gasteiger partial charge in [-0.3, -0.25) is 9.69 Å². The highest BCUT2D eigenvalue weighted by atomic mass is 32.2. The van der Waals surface area contributed by atoms with Crippen molar-refractivity contribution in [2.24, 2.45) is 0 Å². The van der Waals surface area contributed by atoms with Crippen LogP contribution in [0.15, 0.2) is 10.6 Å². The lowest BCUT2D eigenvalue weighted by Crippen LogP contribution is -2.48. The van der Waals surface area contributed by atoms with Gasteiger partial charge < -0.3 is 10.0 Å². The topological polar surface area (TPSA) is 60.9 Å². The van der Waals surface area contributed by atoms with Crippen LogP contribution in [0.1, 0.15) is 6.42 Å². The molecule has 2 aliphatic rings. The number of aliphatic carboxylic acids is 1. The summed E-state index contributed by atoms with van der Waals surface area (Å²) in [5.41, 5.74) is 0.176. The van der Waals surface area contributed by atoms with Crippen LogP contribution in [0.5, 0.6) is 0 Å². The van der Waals surface area contributed by atoms with Crippen LogP contribution < -0.4 is 0 Å². The number of fused-ring (bicyclic) bond motifs is 1. The minimum Gasteiger partial charge on any atom is -0.477 e. The number of β-lactam (4-membered cyclic amide) rings is 1. The van der Waals surface area contributed by atoms with Crippen molar-refractivity contribution in [3.8, 4) is 0 Å². The highest BCUT2D eigenvalue weighted by Gasteiger charge is 2.48. The Morgan fingerprint density at radius 1 is 1.67 bits per heavy atom. The predicted octanol–water partition coefficient (Wildman–Crippen LogP) is 0.149. The van der Waals surface area contributed by atoms with Gasteiger partial charge in [-0.15, -0.1) is 11.8 Å². The molecule has 0 unspecified atom stereocenters. The van der Waals surface area contributed by atoms with Crippen molar-refractivity contribution in [1.82, 2.24) is 9.80 Å². The molecule has 5 nitrogen and oxygen atoms in total. The number of likely N-dealkylation sites (N-methyl/N-ethyl adjacent to an activating group) is 1. The molecular formula is C9H12N2O3S. The van der Waals surface area contributed by atoms with Crippen molar-refractivity contribution in [2.45, 2.75) is 11.8 Å². The molecule has 0 saturated carbocycles. The smallest absolute Gasteiger partial charge is 0.353 e.